The molecule has 3 aromatic carbocycles. The van der Waals surface area contributed by atoms with Crippen molar-refractivity contribution in [3.05, 3.63) is 77.8 Å². The van der Waals surface area contributed by atoms with Crippen molar-refractivity contribution in [1.82, 2.24) is 0 Å². The van der Waals surface area contributed by atoms with E-state index in [2.05, 4.69) is 10.0 Å². The molecule has 0 heterocycles. The third-order valence-corrected chi connectivity index (χ3v) is 5.59. The maximum absolute atomic E-state index is 12.5. The van der Waals surface area contributed by atoms with Crippen LogP contribution in [0.4, 0.5) is 11.4 Å². The van der Waals surface area contributed by atoms with Gasteiger partial charge in [0.15, 0.2) is 6.61 Å². The monoisotopic (exact) mass is 446 g/mol. The molecule has 0 aromatic heterocycles. The quantitative estimate of drug-likeness (QED) is 0.541. The molecular weight excluding hydrogens is 428 g/mol. The Morgan fingerprint density at radius 1 is 0.933 bits per heavy atom. The molecule has 0 radical (unpaired) electrons. The molecule has 0 fully saturated rings. The zero-order valence-electron chi connectivity index (χ0n) is 16.0. The third-order valence-electron chi connectivity index (χ3n) is 3.95. The Morgan fingerprint density at radius 3 is 2.23 bits per heavy atom. The molecule has 0 unspecified atom stereocenters. The predicted octanol–water partition coefficient (Wildman–Crippen LogP) is 4.17. The number of carbonyl (C=O) groups is 1. The lowest BCUT2D eigenvalue weighted by molar-refractivity contribution is -0.118. The average Bonchev–Trinajstić information content (AvgIpc) is 2.73. The third kappa shape index (κ3) is 5.88. The van der Waals surface area contributed by atoms with Gasteiger partial charge in [0.2, 0.25) is 0 Å². The molecular formula is C21H19ClN2O5S. The fourth-order valence-corrected chi connectivity index (χ4v) is 3.75. The molecule has 0 spiro atoms. The molecule has 0 aliphatic rings. The maximum atomic E-state index is 12.5. The van der Waals surface area contributed by atoms with Crippen molar-refractivity contribution in [1.29, 1.82) is 0 Å². The summed E-state index contributed by atoms with van der Waals surface area (Å²) in [5.74, 6) is 0.619. The van der Waals surface area contributed by atoms with Crippen LogP contribution in [0.3, 0.4) is 0 Å². The van der Waals surface area contributed by atoms with Crippen molar-refractivity contribution in [3.8, 4) is 11.5 Å². The summed E-state index contributed by atoms with van der Waals surface area (Å²) >= 11 is 5.88. The minimum Gasteiger partial charge on any atom is -0.497 e. The molecule has 1 amide bonds. The molecule has 156 valence electrons. The van der Waals surface area contributed by atoms with Crippen LogP contribution < -0.4 is 19.5 Å². The highest BCUT2D eigenvalue weighted by Gasteiger charge is 2.14. The van der Waals surface area contributed by atoms with Gasteiger partial charge in [-0.25, -0.2) is 8.42 Å². The van der Waals surface area contributed by atoms with E-state index in [4.69, 9.17) is 21.1 Å². The lowest BCUT2D eigenvalue weighted by atomic mass is 10.3. The highest BCUT2D eigenvalue weighted by Crippen LogP contribution is 2.21. The molecule has 3 rings (SSSR count). The number of carbonyl (C=O) groups excluding carboxylic acids is 1. The van der Waals surface area contributed by atoms with E-state index in [1.807, 2.05) is 0 Å². The van der Waals surface area contributed by atoms with Crippen LogP contribution in [0.15, 0.2) is 77.7 Å². The van der Waals surface area contributed by atoms with Gasteiger partial charge in [0.1, 0.15) is 11.5 Å². The molecule has 0 aliphatic carbocycles. The summed E-state index contributed by atoms with van der Waals surface area (Å²) in [6, 6.07) is 19.0. The van der Waals surface area contributed by atoms with Crippen molar-refractivity contribution in [2.75, 3.05) is 23.8 Å². The summed E-state index contributed by atoms with van der Waals surface area (Å²) in [7, 11) is -2.23. The van der Waals surface area contributed by atoms with Crippen LogP contribution in [0.25, 0.3) is 0 Å². The summed E-state index contributed by atoms with van der Waals surface area (Å²) in [6.07, 6.45) is 0. The van der Waals surface area contributed by atoms with E-state index in [1.165, 1.54) is 31.4 Å². The van der Waals surface area contributed by atoms with Gasteiger partial charge in [-0.2, -0.15) is 0 Å². The Morgan fingerprint density at radius 2 is 1.60 bits per heavy atom. The second kappa shape index (κ2) is 9.51. The highest BCUT2D eigenvalue weighted by molar-refractivity contribution is 7.92. The minimum atomic E-state index is -3.76. The molecule has 0 aliphatic heterocycles. The van der Waals surface area contributed by atoms with Gasteiger partial charge >= 0.3 is 0 Å². The van der Waals surface area contributed by atoms with Gasteiger partial charge in [-0.3, -0.25) is 9.52 Å². The Balaban J connectivity index is 1.57. The number of nitrogens with one attached hydrogen (secondary N) is 2. The molecule has 0 bridgehead atoms. The van der Waals surface area contributed by atoms with Gasteiger partial charge in [0.05, 0.1) is 12.0 Å². The number of benzene rings is 3. The summed E-state index contributed by atoms with van der Waals surface area (Å²) in [4.78, 5) is 12.0. The summed E-state index contributed by atoms with van der Waals surface area (Å²) < 4.78 is 38.0. The molecule has 0 saturated carbocycles. The van der Waals surface area contributed by atoms with Crippen molar-refractivity contribution in [3.63, 3.8) is 0 Å². The van der Waals surface area contributed by atoms with Crippen molar-refractivity contribution >= 4 is 38.9 Å². The number of halogens is 1. The fraction of sp³-hybridized carbons (Fsp3) is 0.0952. The van der Waals surface area contributed by atoms with Crippen molar-refractivity contribution < 1.29 is 22.7 Å². The molecule has 3 aromatic rings. The lowest BCUT2D eigenvalue weighted by Gasteiger charge is -2.10. The van der Waals surface area contributed by atoms with Crippen LogP contribution in [-0.2, 0) is 14.8 Å². The second-order valence-electron chi connectivity index (χ2n) is 6.15. The number of amides is 1. The maximum Gasteiger partial charge on any atom is 0.262 e. The number of hydrogen-bond acceptors (Lipinski definition) is 5. The Hall–Kier alpha value is -3.23. The highest BCUT2D eigenvalue weighted by atomic mass is 35.5. The minimum absolute atomic E-state index is 0.0639. The SMILES string of the molecule is COc1ccc(NS(=O)(=O)c2ccc(OCC(=O)Nc3cccc(Cl)c3)cc2)cc1. The first-order chi connectivity index (χ1) is 14.4. The zero-order chi connectivity index (χ0) is 21.6. The Bertz CT molecular complexity index is 1120. The molecule has 9 heteroatoms. The van der Waals surface area contributed by atoms with E-state index in [-0.39, 0.29) is 17.4 Å². The zero-order valence-corrected chi connectivity index (χ0v) is 17.5. The van der Waals surface area contributed by atoms with Gasteiger partial charge in [-0.15, -0.1) is 0 Å². The van der Waals surface area contributed by atoms with E-state index in [0.717, 1.165) is 0 Å². The molecule has 7 nitrogen and oxygen atoms in total. The van der Waals surface area contributed by atoms with Gasteiger partial charge in [-0.1, -0.05) is 17.7 Å². The first-order valence-corrected chi connectivity index (χ1v) is 10.7. The van der Waals surface area contributed by atoms with Crippen LogP contribution in [-0.4, -0.2) is 28.0 Å². The van der Waals surface area contributed by atoms with Crippen LogP contribution >= 0.6 is 11.6 Å². The van der Waals surface area contributed by atoms with Gasteiger partial charge in [-0.05, 0) is 66.7 Å². The van der Waals surface area contributed by atoms with Crippen LogP contribution in [0, 0.1) is 0 Å². The Kier molecular flexibility index (Phi) is 6.81. The van der Waals surface area contributed by atoms with E-state index in [0.29, 0.717) is 27.9 Å². The predicted molar refractivity (Wildman–Crippen MR) is 116 cm³/mol. The Labute approximate surface area is 179 Å². The van der Waals surface area contributed by atoms with Gasteiger partial charge < -0.3 is 14.8 Å². The average molecular weight is 447 g/mol. The first-order valence-electron chi connectivity index (χ1n) is 8.81. The molecule has 2 N–H and O–H groups in total. The number of sulfonamides is 1. The van der Waals surface area contributed by atoms with Crippen molar-refractivity contribution in [2.24, 2.45) is 0 Å². The van der Waals surface area contributed by atoms with Gasteiger partial charge in [0.25, 0.3) is 15.9 Å². The lowest BCUT2D eigenvalue weighted by Crippen LogP contribution is -2.20. The summed E-state index contributed by atoms with van der Waals surface area (Å²) in [5.41, 5.74) is 0.968. The number of rotatable bonds is 8. The topological polar surface area (TPSA) is 93.7 Å². The molecule has 0 saturated heterocycles. The van der Waals surface area contributed by atoms with Crippen LogP contribution in [0.5, 0.6) is 11.5 Å². The number of anilines is 2. The van der Waals surface area contributed by atoms with E-state index < -0.39 is 10.0 Å². The number of methoxy groups -OCH3 is 1. The smallest absolute Gasteiger partial charge is 0.262 e. The number of hydrogen-bond donors (Lipinski definition) is 2. The van der Waals surface area contributed by atoms with Crippen LogP contribution in [0.2, 0.25) is 5.02 Å². The second-order valence-corrected chi connectivity index (χ2v) is 8.27. The van der Waals surface area contributed by atoms with E-state index in [9.17, 15) is 13.2 Å². The van der Waals surface area contributed by atoms with E-state index in [1.54, 1.807) is 48.5 Å². The molecule has 0 atom stereocenters. The summed E-state index contributed by atoms with van der Waals surface area (Å²) in [5, 5.41) is 3.17. The van der Waals surface area contributed by atoms with Gasteiger partial charge in [0, 0.05) is 16.4 Å². The fourth-order valence-electron chi connectivity index (χ4n) is 2.50. The summed E-state index contributed by atoms with van der Waals surface area (Å²) in [6.45, 7) is -0.233. The van der Waals surface area contributed by atoms with Crippen LogP contribution in [0.1, 0.15) is 0 Å². The largest absolute Gasteiger partial charge is 0.497 e. The van der Waals surface area contributed by atoms with Crippen molar-refractivity contribution in [2.45, 2.75) is 4.90 Å². The standard InChI is InChI=1S/C21H19ClN2O5S/c1-28-18-7-5-16(6-8-18)24-30(26,27)20-11-9-19(10-12-20)29-14-21(25)23-17-4-2-3-15(22)13-17/h2-13,24H,14H2,1H3,(H,23,25). The number of ether oxygens (including phenoxy) is 2. The molecule has 30 heavy (non-hydrogen) atoms. The normalized spacial score (nSPS) is 10.9. The first kappa shape index (κ1) is 21.5. The van der Waals surface area contributed by atoms with E-state index >= 15 is 0 Å².